The lowest BCUT2D eigenvalue weighted by atomic mass is 10.2. The molecule has 8 nitrogen and oxygen atoms in total. The van der Waals surface area contributed by atoms with E-state index in [1.54, 1.807) is 0 Å². The van der Waals surface area contributed by atoms with E-state index in [0.29, 0.717) is 0 Å². The maximum atomic E-state index is 11.6. The Kier molecular flexibility index (Phi) is 1.73. The van der Waals surface area contributed by atoms with Crippen molar-refractivity contribution in [1.82, 2.24) is 0 Å². The van der Waals surface area contributed by atoms with E-state index in [2.05, 4.69) is 0 Å². The molecular weight excluding hydrogens is 202 g/mol. The summed E-state index contributed by atoms with van der Waals surface area (Å²) < 4.78 is 9.42. The molecule has 1 fully saturated rings. The number of nitrogens with two attached hydrogens (primary N) is 4. The molecule has 0 aromatic heterocycles. The Balaban J connectivity index is 2.39. The number of nitrogens with zero attached hydrogens (tertiary/aromatic N) is 1. The fourth-order valence-corrected chi connectivity index (χ4v) is 1.31. The molecule has 0 saturated carbocycles. The van der Waals surface area contributed by atoms with Crippen LogP contribution >= 0.6 is 0 Å². The first-order chi connectivity index (χ1) is 6.63. The first-order valence-electron chi connectivity index (χ1n) is 4.19. The van der Waals surface area contributed by atoms with Gasteiger partial charge in [-0.15, -0.1) is 0 Å². The van der Waals surface area contributed by atoms with Gasteiger partial charge in [0.05, 0.1) is 7.05 Å². The summed E-state index contributed by atoms with van der Waals surface area (Å²) in [5.41, 5.74) is 22.0. The third-order valence-electron chi connectivity index (χ3n) is 2.16. The van der Waals surface area contributed by atoms with Crippen molar-refractivity contribution in [1.29, 1.82) is 0 Å². The normalized spacial score (nSPS) is 29.5. The molecule has 2 heterocycles. The van der Waals surface area contributed by atoms with Crippen LogP contribution in [0.4, 0.5) is 0 Å². The van der Waals surface area contributed by atoms with Gasteiger partial charge in [-0.25, -0.2) is 0 Å². The quantitative estimate of drug-likeness (QED) is 0.204. The van der Waals surface area contributed by atoms with E-state index in [-0.39, 0.29) is 11.5 Å². The van der Waals surface area contributed by atoms with Crippen LogP contribution in [0.2, 0.25) is 0 Å². The monoisotopic (exact) mass is 215 g/mol. The third-order valence-corrected chi connectivity index (χ3v) is 2.16. The predicted molar refractivity (Wildman–Crippen MR) is 50.1 cm³/mol. The van der Waals surface area contributed by atoms with Crippen LogP contribution in [0, 0.1) is 5.21 Å². The standard InChI is InChI=1S/C7H13N5O3/c1-12(13)2-4-5(3-12)15-7(10,11)6(8,9)14-4/h2-3H,8-11H2,1H3. The van der Waals surface area contributed by atoms with E-state index in [9.17, 15) is 5.21 Å². The SMILES string of the molecule is C[N+]1([O-])C=C2OC(N)(N)C(N)(N)OC2=C1. The number of fused-ring (bicyclic) bond motifs is 1. The lowest BCUT2D eigenvalue weighted by Gasteiger charge is -2.42. The van der Waals surface area contributed by atoms with Crippen molar-refractivity contribution in [2.24, 2.45) is 22.9 Å². The fourth-order valence-electron chi connectivity index (χ4n) is 1.31. The molecule has 0 bridgehead atoms. The van der Waals surface area contributed by atoms with E-state index < -0.39 is 16.3 Å². The van der Waals surface area contributed by atoms with E-state index in [4.69, 9.17) is 32.4 Å². The number of rotatable bonds is 0. The highest BCUT2D eigenvalue weighted by Crippen LogP contribution is 2.35. The molecule has 0 aliphatic carbocycles. The van der Waals surface area contributed by atoms with Crippen molar-refractivity contribution >= 4 is 0 Å². The Morgan fingerprint density at radius 3 is 1.73 bits per heavy atom. The zero-order valence-electron chi connectivity index (χ0n) is 8.14. The first-order valence-corrected chi connectivity index (χ1v) is 4.19. The van der Waals surface area contributed by atoms with Crippen LogP contribution in [-0.4, -0.2) is 23.4 Å². The first kappa shape index (κ1) is 10.4. The molecule has 15 heavy (non-hydrogen) atoms. The summed E-state index contributed by atoms with van der Waals surface area (Å²) in [7, 11) is 1.37. The lowest BCUT2D eigenvalue weighted by Crippen LogP contribution is -2.79. The van der Waals surface area contributed by atoms with Gasteiger partial charge in [0.15, 0.2) is 0 Å². The minimum Gasteiger partial charge on any atom is -0.623 e. The Labute approximate surface area is 85.8 Å². The van der Waals surface area contributed by atoms with E-state index in [1.807, 2.05) is 0 Å². The van der Waals surface area contributed by atoms with Crippen molar-refractivity contribution in [2.75, 3.05) is 7.05 Å². The van der Waals surface area contributed by atoms with Gasteiger partial charge in [0.2, 0.25) is 11.5 Å². The predicted octanol–water partition coefficient (Wildman–Crippen LogP) is -2.18. The molecule has 0 aromatic rings. The van der Waals surface area contributed by atoms with Crippen LogP contribution in [0.25, 0.3) is 0 Å². The maximum absolute atomic E-state index is 11.6. The summed E-state index contributed by atoms with van der Waals surface area (Å²) in [4.78, 5) is 0. The van der Waals surface area contributed by atoms with Crippen LogP contribution in [0.5, 0.6) is 0 Å². The largest absolute Gasteiger partial charge is 0.623 e. The summed E-state index contributed by atoms with van der Waals surface area (Å²) in [5.74, 6) is -3.49. The summed E-state index contributed by atoms with van der Waals surface area (Å²) >= 11 is 0. The summed E-state index contributed by atoms with van der Waals surface area (Å²) in [5, 5.41) is 11.6. The molecule has 2 rings (SSSR count). The summed E-state index contributed by atoms with van der Waals surface area (Å²) in [6.07, 6.45) is 2.47. The van der Waals surface area contributed by atoms with Gasteiger partial charge in [0.25, 0.3) is 11.7 Å². The zero-order chi connectivity index (χ0) is 11.5. The Morgan fingerprint density at radius 1 is 1.07 bits per heavy atom. The Hall–Kier alpha value is -1.16. The van der Waals surface area contributed by atoms with Crippen LogP contribution in [-0.2, 0) is 9.47 Å². The number of quaternary nitrogens is 1. The molecule has 8 heteroatoms. The average Bonchev–Trinajstić information content (AvgIpc) is 2.21. The minimum atomic E-state index is -1.89. The third kappa shape index (κ3) is 1.49. The molecule has 1 saturated heterocycles. The second-order valence-corrected chi connectivity index (χ2v) is 3.84. The molecule has 0 unspecified atom stereocenters. The second kappa shape index (κ2) is 2.50. The van der Waals surface area contributed by atoms with Gasteiger partial charge < -0.3 is 19.3 Å². The topological polar surface area (TPSA) is 146 Å². The Morgan fingerprint density at radius 2 is 1.40 bits per heavy atom. The van der Waals surface area contributed by atoms with E-state index in [1.165, 1.54) is 19.4 Å². The number of ether oxygens (including phenoxy) is 2. The van der Waals surface area contributed by atoms with Crippen LogP contribution in [0.15, 0.2) is 23.9 Å². The molecule has 2 aliphatic rings. The number of hydroxylamine groups is 3. The zero-order valence-corrected chi connectivity index (χ0v) is 8.14. The maximum Gasteiger partial charge on any atom is 0.282 e. The molecule has 2 aliphatic heterocycles. The lowest BCUT2D eigenvalue weighted by molar-refractivity contribution is -0.749. The highest BCUT2D eigenvalue weighted by molar-refractivity contribution is 5.26. The van der Waals surface area contributed by atoms with Crippen molar-refractivity contribution in [3.05, 3.63) is 29.1 Å². The highest BCUT2D eigenvalue weighted by Gasteiger charge is 2.53. The van der Waals surface area contributed by atoms with Crippen LogP contribution in [0.3, 0.4) is 0 Å². The molecule has 84 valence electrons. The van der Waals surface area contributed by atoms with Crippen molar-refractivity contribution in [3.8, 4) is 0 Å². The van der Waals surface area contributed by atoms with Gasteiger partial charge in [-0.2, -0.15) is 0 Å². The minimum absolute atomic E-state index is 0.143. The summed E-state index contributed by atoms with van der Waals surface area (Å²) in [6.45, 7) is 0. The highest BCUT2D eigenvalue weighted by atomic mass is 16.6. The van der Waals surface area contributed by atoms with Gasteiger partial charge in [-0.3, -0.25) is 22.9 Å². The summed E-state index contributed by atoms with van der Waals surface area (Å²) in [6, 6.07) is 0. The number of hydrogen-bond acceptors (Lipinski definition) is 7. The second-order valence-electron chi connectivity index (χ2n) is 3.84. The van der Waals surface area contributed by atoms with E-state index >= 15 is 0 Å². The Bertz CT molecular complexity index is 337. The fraction of sp³-hybridized carbons (Fsp3) is 0.429. The molecule has 0 amide bonds. The number of hydrogen-bond donors (Lipinski definition) is 4. The van der Waals surface area contributed by atoms with E-state index in [0.717, 1.165) is 0 Å². The molecule has 8 N–H and O–H groups in total. The van der Waals surface area contributed by atoms with Gasteiger partial charge in [0.1, 0.15) is 12.4 Å². The van der Waals surface area contributed by atoms with Gasteiger partial charge in [-0.1, -0.05) is 0 Å². The molecule has 0 atom stereocenters. The van der Waals surface area contributed by atoms with Crippen LogP contribution in [0.1, 0.15) is 0 Å². The van der Waals surface area contributed by atoms with Crippen molar-refractivity contribution < 1.29 is 14.1 Å². The average molecular weight is 215 g/mol. The van der Waals surface area contributed by atoms with Crippen LogP contribution < -0.4 is 22.9 Å². The smallest absolute Gasteiger partial charge is 0.282 e. The molecule has 0 radical (unpaired) electrons. The van der Waals surface area contributed by atoms with Gasteiger partial charge in [0, 0.05) is 0 Å². The van der Waals surface area contributed by atoms with Crippen molar-refractivity contribution in [2.45, 2.75) is 11.7 Å². The van der Waals surface area contributed by atoms with Gasteiger partial charge in [-0.05, 0) is 0 Å². The molecular formula is C7H13N5O3. The van der Waals surface area contributed by atoms with Crippen molar-refractivity contribution in [3.63, 3.8) is 0 Å². The van der Waals surface area contributed by atoms with Gasteiger partial charge >= 0.3 is 0 Å². The molecule has 0 spiro atoms. The molecule has 0 aromatic carbocycles.